The maximum Gasteiger partial charge on any atom is 0.181 e. The molecule has 0 aliphatic heterocycles. The Balaban J connectivity index is 1.77. The molecule has 0 atom stereocenters. The highest BCUT2D eigenvalue weighted by molar-refractivity contribution is 5.63. The van der Waals surface area contributed by atoms with E-state index in [9.17, 15) is 0 Å². The van der Waals surface area contributed by atoms with Crippen LogP contribution in [0.4, 0.5) is 5.69 Å². The van der Waals surface area contributed by atoms with E-state index in [1.54, 1.807) is 6.20 Å². The average molecular weight is 278 g/mol. The van der Waals surface area contributed by atoms with Gasteiger partial charge in [0.2, 0.25) is 0 Å². The topological polar surface area (TPSA) is 38.1 Å². The molecule has 106 valence electrons. The van der Waals surface area contributed by atoms with Gasteiger partial charge in [-0.2, -0.15) is 0 Å². The molecule has 3 heteroatoms. The van der Waals surface area contributed by atoms with Gasteiger partial charge >= 0.3 is 0 Å². The molecule has 0 unspecified atom stereocenters. The minimum Gasteiger partial charge on any atom is -0.444 e. The first-order chi connectivity index (χ1) is 10.2. The first kappa shape index (κ1) is 13.4. The van der Waals surface area contributed by atoms with Crippen LogP contribution in [0, 0.1) is 13.8 Å². The largest absolute Gasteiger partial charge is 0.444 e. The van der Waals surface area contributed by atoms with Crippen LogP contribution >= 0.6 is 0 Å². The number of aryl methyl sites for hydroxylation is 1. The van der Waals surface area contributed by atoms with E-state index >= 15 is 0 Å². The molecule has 2 aromatic carbocycles. The van der Waals surface area contributed by atoms with Gasteiger partial charge in [-0.25, -0.2) is 4.98 Å². The minimum atomic E-state index is 0.783. The van der Waals surface area contributed by atoms with E-state index < -0.39 is 0 Å². The number of oxazole rings is 1. The molecule has 0 bridgehead atoms. The number of nitrogens with zero attached hydrogens (tertiary/aromatic N) is 1. The van der Waals surface area contributed by atoms with Crippen molar-refractivity contribution in [3.05, 3.63) is 71.7 Å². The maximum absolute atomic E-state index is 5.33. The molecule has 0 aliphatic rings. The molecule has 0 saturated carbocycles. The SMILES string of the molecule is Cc1cccc(CNc2cccc(-c3cnco3)c2)c1C. The third kappa shape index (κ3) is 2.97. The second kappa shape index (κ2) is 5.83. The van der Waals surface area contributed by atoms with Crippen LogP contribution in [0.3, 0.4) is 0 Å². The Morgan fingerprint density at radius 2 is 1.95 bits per heavy atom. The summed E-state index contributed by atoms with van der Waals surface area (Å²) in [6, 6.07) is 14.6. The Morgan fingerprint density at radius 3 is 2.76 bits per heavy atom. The van der Waals surface area contributed by atoms with Crippen molar-refractivity contribution >= 4 is 5.69 Å². The summed E-state index contributed by atoms with van der Waals surface area (Å²) in [6.45, 7) is 5.12. The van der Waals surface area contributed by atoms with Crippen molar-refractivity contribution in [2.75, 3.05) is 5.32 Å². The van der Waals surface area contributed by atoms with Gasteiger partial charge in [0.05, 0.1) is 6.20 Å². The predicted octanol–water partition coefficient (Wildman–Crippen LogP) is 4.57. The van der Waals surface area contributed by atoms with E-state index in [1.807, 2.05) is 12.1 Å². The first-order valence-electron chi connectivity index (χ1n) is 7.02. The van der Waals surface area contributed by atoms with Crippen LogP contribution in [0.1, 0.15) is 16.7 Å². The molecule has 1 heterocycles. The van der Waals surface area contributed by atoms with E-state index in [1.165, 1.54) is 23.1 Å². The van der Waals surface area contributed by atoms with E-state index in [-0.39, 0.29) is 0 Å². The fraction of sp³-hybridized carbons (Fsp3) is 0.167. The smallest absolute Gasteiger partial charge is 0.181 e. The molecule has 0 saturated heterocycles. The van der Waals surface area contributed by atoms with Crippen molar-refractivity contribution in [3.8, 4) is 11.3 Å². The lowest BCUT2D eigenvalue weighted by Gasteiger charge is -2.11. The van der Waals surface area contributed by atoms with Gasteiger partial charge in [0.15, 0.2) is 12.2 Å². The maximum atomic E-state index is 5.33. The van der Waals surface area contributed by atoms with Gasteiger partial charge in [-0.15, -0.1) is 0 Å². The Kier molecular flexibility index (Phi) is 3.73. The summed E-state index contributed by atoms with van der Waals surface area (Å²) in [5.74, 6) is 0.783. The lowest BCUT2D eigenvalue weighted by atomic mass is 10.0. The van der Waals surface area contributed by atoms with Gasteiger partial charge in [0.25, 0.3) is 0 Å². The molecule has 3 aromatic rings. The third-order valence-electron chi connectivity index (χ3n) is 3.78. The molecule has 0 amide bonds. The van der Waals surface area contributed by atoms with Crippen LogP contribution in [0.25, 0.3) is 11.3 Å². The van der Waals surface area contributed by atoms with Crippen molar-refractivity contribution < 1.29 is 4.42 Å². The Hall–Kier alpha value is -2.55. The van der Waals surface area contributed by atoms with Gasteiger partial charge in [0, 0.05) is 17.8 Å². The summed E-state index contributed by atoms with van der Waals surface area (Å²) < 4.78 is 5.33. The van der Waals surface area contributed by atoms with Crippen LogP contribution in [-0.2, 0) is 6.54 Å². The van der Waals surface area contributed by atoms with Gasteiger partial charge < -0.3 is 9.73 Å². The van der Waals surface area contributed by atoms with E-state index in [2.05, 4.69) is 54.5 Å². The molecule has 0 spiro atoms. The van der Waals surface area contributed by atoms with Crippen LogP contribution in [0.2, 0.25) is 0 Å². The number of aromatic nitrogens is 1. The lowest BCUT2D eigenvalue weighted by Crippen LogP contribution is -2.02. The zero-order valence-electron chi connectivity index (χ0n) is 12.3. The standard InChI is InChI=1S/C18H18N2O/c1-13-5-3-7-16(14(13)2)10-20-17-8-4-6-15(9-17)18-11-19-12-21-18/h3-9,11-12,20H,10H2,1-2H3. The van der Waals surface area contributed by atoms with E-state index in [4.69, 9.17) is 4.42 Å². The summed E-state index contributed by atoms with van der Waals surface area (Å²) in [5, 5.41) is 3.47. The Morgan fingerprint density at radius 1 is 1.10 bits per heavy atom. The zero-order chi connectivity index (χ0) is 14.7. The number of rotatable bonds is 4. The molecule has 3 nitrogen and oxygen atoms in total. The average Bonchev–Trinajstić information content (AvgIpc) is 3.03. The highest BCUT2D eigenvalue weighted by atomic mass is 16.3. The molecule has 21 heavy (non-hydrogen) atoms. The number of benzene rings is 2. The van der Waals surface area contributed by atoms with Gasteiger partial charge in [-0.1, -0.05) is 30.3 Å². The number of hydrogen-bond acceptors (Lipinski definition) is 3. The van der Waals surface area contributed by atoms with Crippen molar-refractivity contribution in [1.82, 2.24) is 4.98 Å². The molecule has 3 rings (SSSR count). The van der Waals surface area contributed by atoms with Gasteiger partial charge in [-0.05, 0) is 42.7 Å². The second-order valence-electron chi connectivity index (χ2n) is 5.16. The molecule has 1 aromatic heterocycles. The highest BCUT2D eigenvalue weighted by Crippen LogP contribution is 2.23. The predicted molar refractivity (Wildman–Crippen MR) is 85.2 cm³/mol. The van der Waals surface area contributed by atoms with Crippen LogP contribution in [0.15, 0.2) is 59.5 Å². The molecule has 1 N–H and O–H groups in total. The van der Waals surface area contributed by atoms with Crippen molar-refractivity contribution in [1.29, 1.82) is 0 Å². The Bertz CT molecular complexity index is 733. The van der Waals surface area contributed by atoms with E-state index in [0.29, 0.717) is 0 Å². The normalized spacial score (nSPS) is 10.6. The minimum absolute atomic E-state index is 0.783. The van der Waals surface area contributed by atoms with Gasteiger partial charge in [0.1, 0.15) is 0 Å². The zero-order valence-corrected chi connectivity index (χ0v) is 12.3. The number of nitrogens with one attached hydrogen (secondary N) is 1. The summed E-state index contributed by atoms with van der Waals surface area (Å²) in [6.07, 6.45) is 3.18. The second-order valence-corrected chi connectivity index (χ2v) is 5.16. The lowest BCUT2D eigenvalue weighted by molar-refractivity contribution is 0.572. The van der Waals surface area contributed by atoms with Crippen molar-refractivity contribution in [2.24, 2.45) is 0 Å². The monoisotopic (exact) mass is 278 g/mol. The van der Waals surface area contributed by atoms with Crippen LogP contribution in [-0.4, -0.2) is 4.98 Å². The number of anilines is 1. The molecule has 0 aliphatic carbocycles. The highest BCUT2D eigenvalue weighted by Gasteiger charge is 2.04. The van der Waals surface area contributed by atoms with Crippen molar-refractivity contribution in [2.45, 2.75) is 20.4 Å². The molecule has 0 fully saturated rings. The number of hydrogen-bond donors (Lipinski definition) is 1. The first-order valence-corrected chi connectivity index (χ1v) is 7.02. The quantitative estimate of drug-likeness (QED) is 0.759. The molecule has 0 radical (unpaired) electrons. The molecular formula is C18H18N2O. The van der Waals surface area contributed by atoms with Crippen molar-refractivity contribution in [3.63, 3.8) is 0 Å². The third-order valence-corrected chi connectivity index (χ3v) is 3.78. The summed E-state index contributed by atoms with van der Waals surface area (Å²) in [5.41, 5.74) is 6.09. The summed E-state index contributed by atoms with van der Waals surface area (Å²) >= 11 is 0. The fourth-order valence-electron chi connectivity index (χ4n) is 2.34. The summed E-state index contributed by atoms with van der Waals surface area (Å²) in [7, 11) is 0. The van der Waals surface area contributed by atoms with Crippen LogP contribution < -0.4 is 5.32 Å². The van der Waals surface area contributed by atoms with E-state index in [0.717, 1.165) is 23.6 Å². The summed E-state index contributed by atoms with van der Waals surface area (Å²) in [4.78, 5) is 3.96. The Labute approximate surface area is 124 Å². The van der Waals surface area contributed by atoms with Crippen LogP contribution in [0.5, 0.6) is 0 Å². The fourth-order valence-corrected chi connectivity index (χ4v) is 2.34. The molecular weight excluding hydrogens is 260 g/mol. The van der Waals surface area contributed by atoms with Gasteiger partial charge in [-0.3, -0.25) is 0 Å².